The normalized spacial score (nSPS) is 11.0. The Labute approximate surface area is 152 Å². The fourth-order valence-electron chi connectivity index (χ4n) is 2.28. The van der Waals surface area contributed by atoms with Crippen LogP contribution in [0.4, 0.5) is 0 Å². The zero-order chi connectivity index (χ0) is 18.9. The highest BCUT2D eigenvalue weighted by Gasteiger charge is 2.15. The molecular formula is C20H22N2O4. The van der Waals surface area contributed by atoms with Crippen LogP contribution in [0, 0.1) is 0 Å². The minimum absolute atomic E-state index is 0.167. The van der Waals surface area contributed by atoms with Crippen LogP contribution in [-0.4, -0.2) is 37.1 Å². The second-order valence-corrected chi connectivity index (χ2v) is 5.29. The minimum Gasteiger partial charge on any atom is -0.492 e. The van der Waals surface area contributed by atoms with Gasteiger partial charge in [-0.15, -0.1) is 0 Å². The molecule has 1 heterocycles. The molecule has 0 aliphatic carbocycles. The van der Waals surface area contributed by atoms with Gasteiger partial charge in [0.2, 0.25) is 0 Å². The number of hydrogen-bond donors (Lipinski definition) is 1. The Morgan fingerprint density at radius 1 is 1.08 bits per heavy atom. The number of amides is 1. The van der Waals surface area contributed by atoms with Crippen molar-refractivity contribution in [2.45, 2.75) is 13.8 Å². The molecule has 0 aliphatic rings. The smallest absolute Gasteiger partial charge is 0.340 e. The first-order valence-electron chi connectivity index (χ1n) is 8.39. The van der Waals surface area contributed by atoms with Crippen LogP contribution in [0.2, 0.25) is 0 Å². The minimum atomic E-state index is -0.459. The maximum atomic E-state index is 12.4. The van der Waals surface area contributed by atoms with E-state index in [1.54, 1.807) is 62.6 Å². The predicted molar refractivity (Wildman–Crippen MR) is 99.7 cm³/mol. The average Bonchev–Trinajstić information content (AvgIpc) is 2.67. The third-order valence-electron chi connectivity index (χ3n) is 3.53. The van der Waals surface area contributed by atoms with Crippen LogP contribution >= 0.6 is 0 Å². The van der Waals surface area contributed by atoms with Crippen molar-refractivity contribution >= 4 is 23.5 Å². The van der Waals surface area contributed by atoms with Crippen molar-refractivity contribution in [3.8, 4) is 5.75 Å². The van der Waals surface area contributed by atoms with E-state index in [4.69, 9.17) is 9.47 Å². The van der Waals surface area contributed by atoms with Crippen LogP contribution in [-0.2, 0) is 9.53 Å². The van der Waals surface area contributed by atoms with Crippen molar-refractivity contribution in [1.82, 2.24) is 10.3 Å². The topological polar surface area (TPSA) is 77.5 Å². The zero-order valence-corrected chi connectivity index (χ0v) is 15.1. The summed E-state index contributed by atoms with van der Waals surface area (Å²) in [6.45, 7) is 4.45. The van der Waals surface area contributed by atoms with Crippen molar-refractivity contribution in [1.29, 1.82) is 0 Å². The number of rotatable bonds is 7. The van der Waals surface area contributed by atoms with E-state index in [0.29, 0.717) is 29.2 Å². The molecule has 0 atom stereocenters. The third kappa shape index (κ3) is 4.92. The maximum Gasteiger partial charge on any atom is 0.340 e. The highest BCUT2D eigenvalue weighted by atomic mass is 16.5. The van der Waals surface area contributed by atoms with Crippen LogP contribution in [0.1, 0.15) is 35.5 Å². The molecule has 0 saturated heterocycles. The van der Waals surface area contributed by atoms with Gasteiger partial charge in [0.25, 0.3) is 5.91 Å². The van der Waals surface area contributed by atoms with Gasteiger partial charge in [0, 0.05) is 12.6 Å². The number of carbonyl (C=O) groups excluding carboxylic acids is 2. The fourth-order valence-corrected chi connectivity index (χ4v) is 2.28. The summed E-state index contributed by atoms with van der Waals surface area (Å²) in [5.74, 6) is 0.00764. The summed E-state index contributed by atoms with van der Waals surface area (Å²) in [6.07, 6.45) is 3.26. The SMILES string of the molecule is CCOC(=O)C(=Cc1ccc(C(=O)NC)cc1)c1ccc(OCC)cn1. The molecule has 2 aromatic rings. The molecule has 1 N–H and O–H groups in total. The van der Waals surface area contributed by atoms with E-state index in [-0.39, 0.29) is 12.5 Å². The van der Waals surface area contributed by atoms with E-state index < -0.39 is 5.97 Å². The number of esters is 1. The lowest BCUT2D eigenvalue weighted by Crippen LogP contribution is -2.17. The van der Waals surface area contributed by atoms with Crippen LogP contribution in [0.3, 0.4) is 0 Å². The quantitative estimate of drug-likeness (QED) is 0.611. The van der Waals surface area contributed by atoms with Crippen molar-refractivity contribution in [3.05, 3.63) is 59.4 Å². The summed E-state index contributed by atoms with van der Waals surface area (Å²) in [5, 5.41) is 2.57. The fraction of sp³-hybridized carbons (Fsp3) is 0.250. The van der Waals surface area contributed by atoms with E-state index in [1.165, 1.54) is 0 Å². The van der Waals surface area contributed by atoms with Gasteiger partial charge < -0.3 is 14.8 Å². The van der Waals surface area contributed by atoms with Crippen LogP contribution in [0.5, 0.6) is 5.75 Å². The monoisotopic (exact) mass is 354 g/mol. The number of pyridine rings is 1. The molecule has 1 aromatic carbocycles. The largest absolute Gasteiger partial charge is 0.492 e. The first kappa shape index (κ1) is 19.2. The third-order valence-corrected chi connectivity index (χ3v) is 3.53. The second-order valence-electron chi connectivity index (χ2n) is 5.29. The molecule has 0 fully saturated rings. The lowest BCUT2D eigenvalue weighted by Gasteiger charge is -2.08. The van der Waals surface area contributed by atoms with Gasteiger partial charge in [-0.1, -0.05) is 12.1 Å². The van der Waals surface area contributed by atoms with E-state index in [9.17, 15) is 9.59 Å². The number of ether oxygens (including phenoxy) is 2. The molecule has 0 radical (unpaired) electrons. The summed E-state index contributed by atoms with van der Waals surface area (Å²) >= 11 is 0. The highest BCUT2D eigenvalue weighted by Crippen LogP contribution is 2.21. The first-order valence-corrected chi connectivity index (χ1v) is 8.39. The van der Waals surface area contributed by atoms with Crippen molar-refractivity contribution in [3.63, 3.8) is 0 Å². The predicted octanol–water partition coefficient (Wildman–Crippen LogP) is 2.94. The molecule has 26 heavy (non-hydrogen) atoms. The van der Waals surface area contributed by atoms with Gasteiger partial charge >= 0.3 is 5.97 Å². The Bertz CT molecular complexity index is 780. The van der Waals surface area contributed by atoms with Gasteiger partial charge in [0.15, 0.2) is 0 Å². The number of aromatic nitrogens is 1. The number of benzene rings is 1. The van der Waals surface area contributed by atoms with Crippen LogP contribution in [0.15, 0.2) is 42.6 Å². The highest BCUT2D eigenvalue weighted by molar-refractivity contribution is 6.21. The summed E-state index contributed by atoms with van der Waals surface area (Å²) in [4.78, 5) is 28.3. The molecule has 0 bridgehead atoms. The van der Waals surface area contributed by atoms with E-state index in [2.05, 4.69) is 10.3 Å². The number of nitrogens with one attached hydrogen (secondary N) is 1. The number of hydrogen-bond acceptors (Lipinski definition) is 5. The molecular weight excluding hydrogens is 332 g/mol. The van der Waals surface area contributed by atoms with Gasteiger partial charge in [-0.3, -0.25) is 9.78 Å². The number of carbonyl (C=O) groups is 2. The average molecular weight is 354 g/mol. The van der Waals surface area contributed by atoms with Gasteiger partial charge in [-0.05, 0) is 49.8 Å². The summed E-state index contributed by atoms with van der Waals surface area (Å²) < 4.78 is 10.5. The Hall–Kier alpha value is -3.15. The molecule has 0 saturated carbocycles. The Balaban J connectivity index is 2.36. The number of nitrogens with zero attached hydrogens (tertiary/aromatic N) is 1. The zero-order valence-electron chi connectivity index (χ0n) is 15.1. The molecule has 2 rings (SSSR count). The molecule has 0 unspecified atom stereocenters. The molecule has 6 nitrogen and oxygen atoms in total. The first-order chi connectivity index (χ1) is 12.6. The van der Waals surface area contributed by atoms with E-state index >= 15 is 0 Å². The lowest BCUT2D eigenvalue weighted by molar-refractivity contribution is -0.136. The molecule has 136 valence electrons. The van der Waals surface area contributed by atoms with Gasteiger partial charge in [-0.25, -0.2) is 4.79 Å². The van der Waals surface area contributed by atoms with E-state index in [0.717, 1.165) is 5.56 Å². The van der Waals surface area contributed by atoms with Crippen molar-refractivity contribution in [2.24, 2.45) is 0 Å². The lowest BCUT2D eigenvalue weighted by atomic mass is 10.1. The molecule has 6 heteroatoms. The Morgan fingerprint density at radius 3 is 2.35 bits per heavy atom. The molecule has 1 aromatic heterocycles. The van der Waals surface area contributed by atoms with Gasteiger partial charge in [0.1, 0.15) is 5.75 Å². The summed E-state index contributed by atoms with van der Waals surface area (Å²) in [5.41, 5.74) is 2.13. The van der Waals surface area contributed by atoms with Crippen molar-refractivity contribution < 1.29 is 19.1 Å². The van der Waals surface area contributed by atoms with Crippen LogP contribution < -0.4 is 10.1 Å². The molecule has 0 aliphatic heterocycles. The van der Waals surface area contributed by atoms with Crippen molar-refractivity contribution in [2.75, 3.05) is 20.3 Å². The van der Waals surface area contributed by atoms with Gasteiger partial charge in [0.05, 0.1) is 30.7 Å². The second kappa shape index (κ2) is 9.36. The van der Waals surface area contributed by atoms with Crippen LogP contribution in [0.25, 0.3) is 11.6 Å². The maximum absolute atomic E-state index is 12.4. The standard InChI is InChI=1S/C20H22N2O4/c1-4-25-16-10-11-18(22-13-16)17(20(24)26-5-2)12-14-6-8-15(9-7-14)19(23)21-3/h6-13H,4-5H2,1-3H3,(H,21,23). The molecule has 0 spiro atoms. The Kier molecular flexibility index (Phi) is 6.91. The van der Waals surface area contributed by atoms with Gasteiger partial charge in [-0.2, -0.15) is 0 Å². The summed E-state index contributed by atoms with van der Waals surface area (Å²) in [6, 6.07) is 10.4. The Morgan fingerprint density at radius 2 is 1.81 bits per heavy atom. The van der Waals surface area contributed by atoms with E-state index in [1.807, 2.05) is 6.92 Å². The summed E-state index contributed by atoms with van der Waals surface area (Å²) in [7, 11) is 1.58. The molecule has 1 amide bonds.